The maximum atomic E-state index is 13.6. The van der Waals surface area contributed by atoms with E-state index >= 15 is 0 Å². The predicted molar refractivity (Wildman–Crippen MR) is 122 cm³/mol. The average Bonchev–Trinajstić information content (AvgIpc) is 3.62. The van der Waals surface area contributed by atoms with Crippen LogP contribution in [0.15, 0.2) is 84.3 Å². The van der Waals surface area contributed by atoms with E-state index < -0.39 is 0 Å². The molecule has 0 N–H and O–H groups in total. The zero-order valence-corrected chi connectivity index (χ0v) is 17.2. The lowest BCUT2D eigenvalue weighted by molar-refractivity contribution is 0.688. The minimum Gasteiger partial charge on any atom is -0.310 e. The SMILES string of the molecule is O=c1c2c(-c3cncnc3)cccc2c(Cl)cn1C1CC1c1ccc2ccccc2n1. The van der Waals surface area contributed by atoms with Crippen molar-refractivity contribution in [3.05, 3.63) is 101 Å². The Morgan fingerprint density at radius 2 is 1.81 bits per heavy atom. The van der Waals surface area contributed by atoms with E-state index in [9.17, 15) is 4.79 Å². The van der Waals surface area contributed by atoms with Gasteiger partial charge in [-0.1, -0.05) is 54.1 Å². The molecule has 0 amide bonds. The second-order valence-electron chi connectivity index (χ2n) is 7.88. The molecule has 3 aromatic heterocycles. The van der Waals surface area contributed by atoms with Gasteiger partial charge in [-0.3, -0.25) is 9.78 Å². The van der Waals surface area contributed by atoms with E-state index in [2.05, 4.69) is 28.2 Å². The first-order chi connectivity index (χ1) is 15.2. The number of para-hydroxylation sites is 1. The molecule has 1 fully saturated rings. The summed E-state index contributed by atoms with van der Waals surface area (Å²) in [5.41, 5.74) is 3.52. The Balaban J connectivity index is 1.47. The Bertz CT molecular complexity index is 1510. The molecule has 1 saturated carbocycles. The summed E-state index contributed by atoms with van der Waals surface area (Å²) in [6.07, 6.45) is 7.54. The van der Waals surface area contributed by atoms with Crippen LogP contribution >= 0.6 is 11.6 Å². The van der Waals surface area contributed by atoms with Gasteiger partial charge in [-0.05, 0) is 24.1 Å². The van der Waals surface area contributed by atoms with E-state index in [1.165, 1.54) is 6.33 Å². The summed E-state index contributed by atoms with van der Waals surface area (Å²) < 4.78 is 1.78. The number of rotatable bonds is 3. The molecule has 0 spiro atoms. The van der Waals surface area contributed by atoms with E-state index in [4.69, 9.17) is 16.6 Å². The fraction of sp³-hybridized carbons (Fsp3) is 0.120. The van der Waals surface area contributed by atoms with Crippen LogP contribution in [-0.4, -0.2) is 19.5 Å². The lowest BCUT2D eigenvalue weighted by atomic mass is 10.0. The molecule has 2 atom stereocenters. The third-order valence-corrected chi connectivity index (χ3v) is 6.31. The summed E-state index contributed by atoms with van der Waals surface area (Å²) >= 11 is 6.63. The number of hydrogen-bond donors (Lipinski definition) is 0. The maximum absolute atomic E-state index is 13.6. The minimum atomic E-state index is -0.0489. The van der Waals surface area contributed by atoms with Crippen LogP contribution in [0.3, 0.4) is 0 Å². The number of aromatic nitrogens is 4. The van der Waals surface area contributed by atoms with Gasteiger partial charge in [0.1, 0.15) is 6.33 Å². The van der Waals surface area contributed by atoms with Gasteiger partial charge in [0.25, 0.3) is 5.56 Å². The Morgan fingerprint density at radius 1 is 0.968 bits per heavy atom. The predicted octanol–water partition coefficient (Wildman–Crippen LogP) is 5.39. The zero-order chi connectivity index (χ0) is 20.9. The fourth-order valence-electron chi connectivity index (χ4n) is 4.38. The van der Waals surface area contributed by atoms with Crippen LogP contribution in [0.25, 0.3) is 32.8 Å². The van der Waals surface area contributed by atoms with Gasteiger partial charge >= 0.3 is 0 Å². The van der Waals surface area contributed by atoms with Crippen LogP contribution in [0.5, 0.6) is 0 Å². The van der Waals surface area contributed by atoms with Crippen molar-refractivity contribution in [2.45, 2.75) is 18.4 Å². The van der Waals surface area contributed by atoms with Gasteiger partial charge in [-0.25, -0.2) is 9.97 Å². The topological polar surface area (TPSA) is 60.7 Å². The molecular formula is C25H17ClN4O. The molecular weight excluding hydrogens is 408 g/mol. The van der Waals surface area contributed by atoms with Crippen molar-refractivity contribution in [1.82, 2.24) is 19.5 Å². The first kappa shape index (κ1) is 18.2. The Labute approximate surface area is 183 Å². The molecule has 150 valence electrons. The Morgan fingerprint density at radius 3 is 2.68 bits per heavy atom. The molecule has 6 heteroatoms. The molecule has 1 aliphatic carbocycles. The first-order valence-electron chi connectivity index (χ1n) is 10.1. The van der Waals surface area contributed by atoms with Gasteiger partial charge in [0.05, 0.1) is 15.9 Å². The van der Waals surface area contributed by atoms with Crippen LogP contribution in [0.2, 0.25) is 5.02 Å². The third kappa shape index (κ3) is 3.01. The van der Waals surface area contributed by atoms with E-state index in [-0.39, 0.29) is 17.5 Å². The summed E-state index contributed by atoms with van der Waals surface area (Å²) in [6.45, 7) is 0. The second kappa shape index (κ2) is 7.00. The van der Waals surface area contributed by atoms with E-state index in [0.29, 0.717) is 10.4 Å². The normalized spacial score (nSPS) is 17.8. The number of halogens is 1. The fourth-order valence-corrected chi connectivity index (χ4v) is 4.64. The largest absolute Gasteiger partial charge is 0.310 e. The van der Waals surface area contributed by atoms with Crippen molar-refractivity contribution in [1.29, 1.82) is 0 Å². The van der Waals surface area contributed by atoms with E-state index in [1.54, 1.807) is 23.2 Å². The standard InChI is InChI=1S/C25H17ClN4O/c26-20-13-30(23-10-19(23)22-9-8-15-4-1-2-7-21(15)29-22)25(31)24-17(5-3-6-18(20)24)16-11-27-14-28-12-16/h1-9,11-14,19,23H,10H2. The van der Waals surface area contributed by atoms with Crippen LogP contribution in [0, 0.1) is 0 Å². The van der Waals surface area contributed by atoms with Gasteiger partial charge in [-0.2, -0.15) is 0 Å². The van der Waals surface area contributed by atoms with E-state index in [0.717, 1.165) is 39.5 Å². The molecule has 3 heterocycles. The number of pyridine rings is 2. The van der Waals surface area contributed by atoms with Crippen molar-refractivity contribution >= 4 is 33.3 Å². The van der Waals surface area contributed by atoms with Crippen LogP contribution in [0.1, 0.15) is 24.1 Å². The molecule has 5 aromatic rings. The number of nitrogens with zero attached hydrogens (tertiary/aromatic N) is 4. The van der Waals surface area contributed by atoms with Crippen LogP contribution in [0.4, 0.5) is 0 Å². The Kier molecular flexibility index (Phi) is 4.11. The van der Waals surface area contributed by atoms with Gasteiger partial charge in [0.2, 0.25) is 0 Å². The molecule has 0 radical (unpaired) electrons. The highest BCUT2D eigenvalue weighted by Gasteiger charge is 2.42. The number of hydrogen-bond acceptors (Lipinski definition) is 4. The second-order valence-corrected chi connectivity index (χ2v) is 8.29. The smallest absolute Gasteiger partial charge is 0.259 e. The summed E-state index contributed by atoms with van der Waals surface area (Å²) in [4.78, 5) is 26.6. The summed E-state index contributed by atoms with van der Waals surface area (Å²) in [6, 6.07) is 18.0. The molecule has 0 bridgehead atoms. The quantitative estimate of drug-likeness (QED) is 0.389. The Hall–Kier alpha value is -3.57. The monoisotopic (exact) mass is 424 g/mol. The van der Waals surface area contributed by atoms with Gasteiger partial charge < -0.3 is 4.57 Å². The molecule has 2 unspecified atom stereocenters. The molecule has 5 nitrogen and oxygen atoms in total. The summed E-state index contributed by atoms with van der Waals surface area (Å²) in [5, 5.41) is 3.02. The van der Waals surface area contributed by atoms with E-state index in [1.807, 2.05) is 36.4 Å². The zero-order valence-electron chi connectivity index (χ0n) is 16.4. The lowest BCUT2D eigenvalue weighted by Gasteiger charge is -2.12. The van der Waals surface area contributed by atoms with Gasteiger partial charge in [-0.15, -0.1) is 0 Å². The molecule has 6 rings (SSSR count). The molecule has 31 heavy (non-hydrogen) atoms. The minimum absolute atomic E-state index is 0.0446. The average molecular weight is 425 g/mol. The van der Waals surface area contributed by atoms with Gasteiger partial charge in [0.15, 0.2) is 0 Å². The highest BCUT2D eigenvalue weighted by atomic mass is 35.5. The van der Waals surface area contributed by atoms with Gasteiger partial charge in [0, 0.05) is 52.6 Å². The van der Waals surface area contributed by atoms with Crippen LogP contribution in [-0.2, 0) is 0 Å². The molecule has 2 aromatic carbocycles. The highest BCUT2D eigenvalue weighted by molar-refractivity contribution is 6.35. The van der Waals surface area contributed by atoms with Crippen molar-refractivity contribution < 1.29 is 0 Å². The molecule has 0 aliphatic heterocycles. The van der Waals surface area contributed by atoms with Crippen molar-refractivity contribution in [2.75, 3.05) is 0 Å². The highest BCUT2D eigenvalue weighted by Crippen LogP contribution is 2.50. The third-order valence-electron chi connectivity index (χ3n) is 6.01. The molecule has 1 aliphatic rings. The van der Waals surface area contributed by atoms with Crippen molar-refractivity contribution in [2.24, 2.45) is 0 Å². The van der Waals surface area contributed by atoms with Crippen molar-refractivity contribution in [3.63, 3.8) is 0 Å². The van der Waals surface area contributed by atoms with Crippen molar-refractivity contribution in [3.8, 4) is 11.1 Å². The summed E-state index contributed by atoms with van der Waals surface area (Å²) in [5.74, 6) is 0.197. The number of fused-ring (bicyclic) bond motifs is 2. The number of benzene rings is 2. The maximum Gasteiger partial charge on any atom is 0.259 e. The van der Waals surface area contributed by atoms with Crippen LogP contribution < -0.4 is 5.56 Å². The summed E-state index contributed by atoms with van der Waals surface area (Å²) in [7, 11) is 0. The first-order valence-corrected chi connectivity index (χ1v) is 10.5. The molecule has 0 saturated heterocycles. The lowest BCUT2D eigenvalue weighted by Crippen LogP contribution is -2.20.